The SMILES string of the molecule is CCCC(CC(C)(C)OCCC(C)(C)OC)C(C)(C)OCC(C)(C)OC. The predicted octanol–water partition coefficient (Wildman–Crippen LogP) is 5.62. The minimum atomic E-state index is -0.272. The van der Waals surface area contributed by atoms with Crippen LogP contribution in [0.3, 0.4) is 0 Å². The van der Waals surface area contributed by atoms with Crippen LogP contribution in [0.5, 0.6) is 0 Å². The highest BCUT2D eigenvalue weighted by Crippen LogP contribution is 2.35. The maximum absolute atomic E-state index is 6.32. The summed E-state index contributed by atoms with van der Waals surface area (Å²) >= 11 is 0. The molecule has 0 N–H and O–H groups in total. The van der Waals surface area contributed by atoms with Crippen LogP contribution in [0.1, 0.15) is 88.0 Å². The molecule has 4 heteroatoms. The van der Waals surface area contributed by atoms with Crippen molar-refractivity contribution in [1.29, 1.82) is 0 Å². The first kappa shape index (κ1) is 25.8. The Labute approximate surface area is 163 Å². The average Bonchev–Trinajstić information content (AvgIpc) is 2.52. The zero-order chi connectivity index (χ0) is 20.6. The van der Waals surface area contributed by atoms with E-state index in [9.17, 15) is 0 Å². The Balaban J connectivity index is 4.85. The third-order valence-electron chi connectivity index (χ3n) is 5.45. The fourth-order valence-electron chi connectivity index (χ4n) is 2.91. The van der Waals surface area contributed by atoms with Gasteiger partial charge in [-0.25, -0.2) is 0 Å². The van der Waals surface area contributed by atoms with Gasteiger partial charge in [0.05, 0.1) is 35.6 Å². The fourth-order valence-corrected chi connectivity index (χ4v) is 2.91. The molecule has 0 amide bonds. The van der Waals surface area contributed by atoms with E-state index in [4.69, 9.17) is 18.9 Å². The van der Waals surface area contributed by atoms with Gasteiger partial charge in [0.2, 0.25) is 0 Å². The molecular formula is C22H46O4. The summed E-state index contributed by atoms with van der Waals surface area (Å²) in [5, 5.41) is 0. The summed E-state index contributed by atoms with van der Waals surface area (Å²) in [5.41, 5.74) is -0.835. The molecule has 0 saturated heterocycles. The largest absolute Gasteiger partial charge is 0.379 e. The Morgan fingerprint density at radius 2 is 1.27 bits per heavy atom. The van der Waals surface area contributed by atoms with Gasteiger partial charge in [-0.2, -0.15) is 0 Å². The lowest BCUT2D eigenvalue weighted by Gasteiger charge is -2.41. The molecule has 0 aromatic heterocycles. The Morgan fingerprint density at radius 3 is 1.73 bits per heavy atom. The van der Waals surface area contributed by atoms with E-state index in [2.05, 4.69) is 62.3 Å². The van der Waals surface area contributed by atoms with Crippen LogP contribution in [0.25, 0.3) is 0 Å². The van der Waals surface area contributed by atoms with Crippen molar-refractivity contribution in [2.24, 2.45) is 5.92 Å². The second kappa shape index (κ2) is 10.4. The van der Waals surface area contributed by atoms with Gasteiger partial charge in [-0.15, -0.1) is 0 Å². The van der Waals surface area contributed by atoms with Gasteiger partial charge in [-0.1, -0.05) is 13.3 Å². The maximum atomic E-state index is 6.32. The molecule has 0 aliphatic carbocycles. The van der Waals surface area contributed by atoms with Crippen molar-refractivity contribution in [3.8, 4) is 0 Å². The van der Waals surface area contributed by atoms with Crippen molar-refractivity contribution in [3.63, 3.8) is 0 Å². The van der Waals surface area contributed by atoms with Crippen LogP contribution in [0.15, 0.2) is 0 Å². The summed E-state index contributed by atoms with van der Waals surface area (Å²) in [6.45, 7) is 20.6. The minimum Gasteiger partial charge on any atom is -0.379 e. The van der Waals surface area contributed by atoms with Gasteiger partial charge in [-0.05, 0) is 80.6 Å². The molecule has 1 unspecified atom stereocenters. The molecule has 158 valence electrons. The molecule has 0 aliphatic rings. The van der Waals surface area contributed by atoms with E-state index in [1.165, 1.54) is 0 Å². The Morgan fingerprint density at radius 1 is 0.731 bits per heavy atom. The van der Waals surface area contributed by atoms with Gasteiger partial charge in [0.25, 0.3) is 0 Å². The van der Waals surface area contributed by atoms with Crippen molar-refractivity contribution in [1.82, 2.24) is 0 Å². The van der Waals surface area contributed by atoms with Crippen molar-refractivity contribution in [2.75, 3.05) is 27.4 Å². The summed E-state index contributed by atoms with van der Waals surface area (Å²) in [5.74, 6) is 0.422. The number of hydrogen-bond donors (Lipinski definition) is 0. The van der Waals surface area contributed by atoms with Gasteiger partial charge in [0, 0.05) is 14.2 Å². The molecule has 1 atom stereocenters. The van der Waals surface area contributed by atoms with E-state index in [0.717, 1.165) is 25.7 Å². The minimum absolute atomic E-state index is 0.146. The maximum Gasteiger partial charge on any atom is 0.0855 e. The van der Waals surface area contributed by atoms with Crippen molar-refractivity contribution >= 4 is 0 Å². The molecule has 0 rings (SSSR count). The van der Waals surface area contributed by atoms with Crippen molar-refractivity contribution in [2.45, 2.75) is 110 Å². The first-order chi connectivity index (χ1) is 11.7. The van der Waals surface area contributed by atoms with Crippen molar-refractivity contribution < 1.29 is 18.9 Å². The molecule has 0 bridgehead atoms. The zero-order valence-corrected chi connectivity index (χ0v) is 19.5. The van der Waals surface area contributed by atoms with Crippen LogP contribution in [-0.4, -0.2) is 49.8 Å². The highest BCUT2D eigenvalue weighted by atomic mass is 16.5. The van der Waals surface area contributed by atoms with Gasteiger partial charge >= 0.3 is 0 Å². The highest BCUT2D eigenvalue weighted by molar-refractivity contribution is 4.86. The van der Waals surface area contributed by atoms with Crippen LogP contribution in [-0.2, 0) is 18.9 Å². The molecule has 0 spiro atoms. The smallest absolute Gasteiger partial charge is 0.0855 e. The molecule has 0 radical (unpaired) electrons. The Hall–Kier alpha value is -0.160. The molecule has 0 aromatic carbocycles. The number of methoxy groups -OCH3 is 2. The van der Waals surface area contributed by atoms with Gasteiger partial charge in [-0.3, -0.25) is 0 Å². The average molecular weight is 375 g/mol. The molecule has 0 fully saturated rings. The summed E-state index contributed by atoms with van der Waals surface area (Å²) in [6.07, 6.45) is 4.11. The molecular weight excluding hydrogens is 328 g/mol. The molecule has 0 heterocycles. The van der Waals surface area contributed by atoms with Crippen LogP contribution in [0.4, 0.5) is 0 Å². The van der Waals surface area contributed by atoms with E-state index in [1.54, 1.807) is 14.2 Å². The second-order valence-corrected chi connectivity index (χ2v) is 9.87. The number of hydrogen-bond acceptors (Lipinski definition) is 4. The normalized spacial score (nSPS) is 15.3. The monoisotopic (exact) mass is 374 g/mol. The van der Waals surface area contributed by atoms with Gasteiger partial charge in [0.1, 0.15) is 0 Å². The number of rotatable bonds is 14. The fraction of sp³-hybridized carbons (Fsp3) is 1.00. The quantitative estimate of drug-likeness (QED) is 0.395. The van der Waals surface area contributed by atoms with Crippen LogP contribution < -0.4 is 0 Å². The van der Waals surface area contributed by atoms with Crippen LogP contribution in [0, 0.1) is 5.92 Å². The Kier molecular flexibility index (Phi) is 10.3. The molecule has 0 aromatic rings. The predicted molar refractivity (Wildman–Crippen MR) is 110 cm³/mol. The molecule has 26 heavy (non-hydrogen) atoms. The summed E-state index contributed by atoms with van der Waals surface area (Å²) in [4.78, 5) is 0. The summed E-state index contributed by atoms with van der Waals surface area (Å²) in [6, 6.07) is 0. The van der Waals surface area contributed by atoms with E-state index in [0.29, 0.717) is 19.1 Å². The van der Waals surface area contributed by atoms with E-state index in [-0.39, 0.29) is 22.4 Å². The van der Waals surface area contributed by atoms with E-state index in [1.807, 2.05) is 0 Å². The Bertz CT molecular complexity index is 386. The van der Waals surface area contributed by atoms with Crippen LogP contribution in [0.2, 0.25) is 0 Å². The third kappa shape index (κ3) is 10.2. The third-order valence-corrected chi connectivity index (χ3v) is 5.45. The second-order valence-electron chi connectivity index (χ2n) is 9.87. The number of ether oxygens (including phenoxy) is 4. The topological polar surface area (TPSA) is 36.9 Å². The van der Waals surface area contributed by atoms with E-state index < -0.39 is 0 Å². The lowest BCUT2D eigenvalue weighted by Crippen LogP contribution is -2.43. The van der Waals surface area contributed by atoms with Gasteiger partial charge in [0.15, 0.2) is 0 Å². The summed E-state index contributed by atoms with van der Waals surface area (Å²) < 4.78 is 23.6. The van der Waals surface area contributed by atoms with Crippen LogP contribution >= 0.6 is 0 Å². The first-order valence-corrected chi connectivity index (χ1v) is 10.1. The zero-order valence-electron chi connectivity index (χ0n) is 19.5. The molecule has 0 saturated carbocycles. The summed E-state index contributed by atoms with van der Waals surface area (Å²) in [7, 11) is 3.49. The standard InChI is InChI=1S/C22H46O4/c1-12-13-18(22(8,9)26-17-21(6,7)24-11)16-20(4,5)25-15-14-19(2,3)23-10/h18H,12-17H2,1-11H3. The van der Waals surface area contributed by atoms with Crippen molar-refractivity contribution in [3.05, 3.63) is 0 Å². The lowest BCUT2D eigenvalue weighted by atomic mass is 9.79. The molecule has 0 aliphatic heterocycles. The lowest BCUT2D eigenvalue weighted by molar-refractivity contribution is -0.143. The highest BCUT2D eigenvalue weighted by Gasteiger charge is 2.36. The van der Waals surface area contributed by atoms with E-state index >= 15 is 0 Å². The van der Waals surface area contributed by atoms with Gasteiger partial charge < -0.3 is 18.9 Å². The molecule has 4 nitrogen and oxygen atoms in total. The first-order valence-electron chi connectivity index (χ1n) is 10.1.